The Labute approximate surface area is 143 Å². The number of hydrogen-bond donors (Lipinski definition) is 2. The summed E-state index contributed by atoms with van der Waals surface area (Å²) in [6.07, 6.45) is 5.98. The van der Waals surface area contributed by atoms with Crippen molar-refractivity contribution in [3.05, 3.63) is 48.0 Å². The van der Waals surface area contributed by atoms with E-state index in [1.807, 2.05) is 18.8 Å². The first-order valence-corrected chi connectivity index (χ1v) is 9.55. The van der Waals surface area contributed by atoms with E-state index >= 15 is 0 Å². The van der Waals surface area contributed by atoms with E-state index in [9.17, 15) is 0 Å². The molecule has 3 rings (SSSR count). The fourth-order valence-corrected chi connectivity index (χ4v) is 4.10. The maximum atomic E-state index is 4.39. The van der Waals surface area contributed by atoms with Crippen LogP contribution in [0, 0.1) is 0 Å². The average Bonchev–Trinajstić information content (AvgIpc) is 3.06. The molecule has 2 aromatic carbocycles. The summed E-state index contributed by atoms with van der Waals surface area (Å²) in [5.41, 5.74) is 1.31. The second kappa shape index (κ2) is 7.73. The minimum atomic E-state index is 0.547. The molecule has 0 saturated heterocycles. The Morgan fingerprint density at radius 1 is 1.17 bits per heavy atom. The van der Waals surface area contributed by atoms with E-state index in [2.05, 4.69) is 64.3 Å². The van der Waals surface area contributed by atoms with E-state index in [0.29, 0.717) is 6.04 Å². The van der Waals surface area contributed by atoms with Gasteiger partial charge in [0.15, 0.2) is 5.96 Å². The summed E-state index contributed by atoms with van der Waals surface area (Å²) in [7, 11) is 1.85. The smallest absolute Gasteiger partial charge is 0.191 e. The molecule has 1 aliphatic carbocycles. The molecule has 1 saturated carbocycles. The van der Waals surface area contributed by atoms with E-state index in [4.69, 9.17) is 0 Å². The van der Waals surface area contributed by atoms with Gasteiger partial charge in [-0.1, -0.05) is 42.5 Å². The molecule has 2 N–H and O–H groups in total. The molecule has 3 nitrogen and oxygen atoms in total. The van der Waals surface area contributed by atoms with Crippen molar-refractivity contribution >= 4 is 28.5 Å². The van der Waals surface area contributed by atoms with Gasteiger partial charge in [0.1, 0.15) is 0 Å². The molecule has 4 heteroatoms. The molecular formula is C19H25N3S. The molecule has 2 aromatic rings. The predicted molar refractivity (Wildman–Crippen MR) is 102 cm³/mol. The van der Waals surface area contributed by atoms with Crippen molar-refractivity contribution in [2.45, 2.75) is 37.1 Å². The van der Waals surface area contributed by atoms with Crippen LogP contribution in [0.15, 0.2) is 47.5 Å². The van der Waals surface area contributed by atoms with Gasteiger partial charge in [-0.05, 0) is 41.9 Å². The number of hydrogen-bond acceptors (Lipinski definition) is 2. The van der Waals surface area contributed by atoms with Crippen LogP contribution in [0.5, 0.6) is 0 Å². The Bertz CT molecular complexity index is 678. The number of fused-ring (bicyclic) bond motifs is 1. The third-order valence-corrected chi connectivity index (χ3v) is 5.70. The van der Waals surface area contributed by atoms with Crippen LogP contribution in [0.25, 0.3) is 10.8 Å². The van der Waals surface area contributed by atoms with Crippen molar-refractivity contribution in [2.24, 2.45) is 4.99 Å². The van der Waals surface area contributed by atoms with E-state index < -0.39 is 0 Å². The zero-order valence-electron chi connectivity index (χ0n) is 13.9. The monoisotopic (exact) mass is 327 g/mol. The van der Waals surface area contributed by atoms with Crippen molar-refractivity contribution in [3.63, 3.8) is 0 Å². The highest BCUT2D eigenvalue weighted by Gasteiger charge is 2.24. The van der Waals surface area contributed by atoms with Crippen molar-refractivity contribution in [2.75, 3.05) is 13.3 Å². The molecule has 2 unspecified atom stereocenters. The highest BCUT2D eigenvalue weighted by molar-refractivity contribution is 7.99. The number of thioether (sulfide) groups is 1. The lowest BCUT2D eigenvalue weighted by molar-refractivity contribution is 0.615. The molecular weight excluding hydrogens is 302 g/mol. The van der Waals surface area contributed by atoms with Crippen LogP contribution in [0.2, 0.25) is 0 Å². The first kappa shape index (κ1) is 16.2. The molecule has 0 bridgehead atoms. The van der Waals surface area contributed by atoms with Crippen LogP contribution >= 0.6 is 11.8 Å². The Balaban J connectivity index is 1.62. The van der Waals surface area contributed by atoms with Gasteiger partial charge in [0.05, 0.1) is 0 Å². The summed E-state index contributed by atoms with van der Waals surface area (Å²) in [5, 5.41) is 10.4. The topological polar surface area (TPSA) is 36.4 Å². The molecule has 0 aromatic heterocycles. The summed E-state index contributed by atoms with van der Waals surface area (Å²) in [6.45, 7) is 0.791. The molecule has 0 heterocycles. The molecule has 0 aliphatic heterocycles. The van der Waals surface area contributed by atoms with Crippen LogP contribution in [0.4, 0.5) is 0 Å². The molecule has 0 spiro atoms. The Kier molecular flexibility index (Phi) is 5.44. The van der Waals surface area contributed by atoms with Gasteiger partial charge < -0.3 is 10.6 Å². The average molecular weight is 327 g/mol. The predicted octanol–water partition coefficient (Wildman–Crippen LogP) is 3.79. The van der Waals surface area contributed by atoms with Crippen molar-refractivity contribution in [1.82, 2.24) is 10.6 Å². The Hall–Kier alpha value is -1.68. The lowest BCUT2D eigenvalue weighted by Crippen LogP contribution is -2.42. The van der Waals surface area contributed by atoms with Gasteiger partial charge in [-0.15, -0.1) is 0 Å². The van der Waals surface area contributed by atoms with E-state index in [1.54, 1.807) is 0 Å². The van der Waals surface area contributed by atoms with Crippen LogP contribution in [-0.2, 0) is 6.54 Å². The van der Waals surface area contributed by atoms with E-state index in [1.165, 1.54) is 35.6 Å². The minimum absolute atomic E-state index is 0.547. The second-order valence-corrected chi connectivity index (χ2v) is 7.21. The maximum Gasteiger partial charge on any atom is 0.191 e. The first-order valence-electron chi connectivity index (χ1n) is 8.26. The highest BCUT2D eigenvalue weighted by atomic mass is 32.2. The number of rotatable bonds is 4. The van der Waals surface area contributed by atoms with Gasteiger partial charge >= 0.3 is 0 Å². The van der Waals surface area contributed by atoms with Gasteiger partial charge in [0.25, 0.3) is 0 Å². The number of benzene rings is 2. The summed E-state index contributed by atoms with van der Waals surface area (Å²) >= 11 is 1.98. The molecule has 1 aliphatic rings. The molecule has 2 atom stereocenters. The lowest BCUT2D eigenvalue weighted by atomic mass is 10.0. The van der Waals surface area contributed by atoms with Gasteiger partial charge in [-0.2, -0.15) is 11.8 Å². The Morgan fingerprint density at radius 2 is 2.00 bits per heavy atom. The number of guanidine groups is 1. The fraction of sp³-hybridized carbons (Fsp3) is 0.421. The zero-order chi connectivity index (χ0) is 16.1. The van der Waals surface area contributed by atoms with Crippen molar-refractivity contribution in [3.8, 4) is 0 Å². The zero-order valence-corrected chi connectivity index (χ0v) is 14.7. The van der Waals surface area contributed by atoms with Crippen LogP contribution in [-0.4, -0.2) is 30.6 Å². The highest BCUT2D eigenvalue weighted by Crippen LogP contribution is 2.28. The largest absolute Gasteiger partial charge is 0.354 e. The summed E-state index contributed by atoms with van der Waals surface area (Å²) < 4.78 is 0. The third-order valence-electron chi connectivity index (χ3n) is 4.61. The summed E-state index contributed by atoms with van der Waals surface area (Å²) in [5.74, 6) is 0.907. The summed E-state index contributed by atoms with van der Waals surface area (Å²) in [4.78, 5) is 4.39. The summed E-state index contributed by atoms with van der Waals surface area (Å²) in [6, 6.07) is 15.5. The molecule has 122 valence electrons. The molecule has 1 fully saturated rings. The van der Waals surface area contributed by atoms with Crippen LogP contribution < -0.4 is 10.6 Å². The quantitative estimate of drug-likeness (QED) is 0.662. The molecule has 23 heavy (non-hydrogen) atoms. The first-order chi connectivity index (χ1) is 11.3. The minimum Gasteiger partial charge on any atom is -0.354 e. The number of aliphatic imine (C=N–C) groups is 1. The van der Waals surface area contributed by atoms with Gasteiger partial charge in [-0.25, -0.2) is 0 Å². The lowest BCUT2D eigenvalue weighted by Gasteiger charge is -2.18. The maximum absolute atomic E-state index is 4.39. The van der Waals surface area contributed by atoms with Gasteiger partial charge in [0, 0.05) is 24.9 Å². The standard InChI is InChI=1S/C19H25N3S/c1-20-19(22-16-10-11-17(12-16)23-2)21-13-15-8-5-7-14-6-3-4-9-18(14)15/h3-9,16-17H,10-13H2,1-2H3,(H2,20,21,22). The number of nitrogens with zero attached hydrogens (tertiary/aromatic N) is 1. The van der Waals surface area contributed by atoms with E-state index in [0.717, 1.165) is 17.8 Å². The number of nitrogens with one attached hydrogen (secondary N) is 2. The van der Waals surface area contributed by atoms with Gasteiger partial charge in [-0.3, -0.25) is 4.99 Å². The normalized spacial score (nSPS) is 21.6. The van der Waals surface area contributed by atoms with E-state index in [-0.39, 0.29) is 0 Å². The van der Waals surface area contributed by atoms with Crippen molar-refractivity contribution in [1.29, 1.82) is 0 Å². The molecule has 0 radical (unpaired) electrons. The SMILES string of the molecule is CN=C(NCc1cccc2ccccc12)NC1CCC(SC)C1. The van der Waals surface area contributed by atoms with Crippen LogP contribution in [0.1, 0.15) is 24.8 Å². The molecule has 0 amide bonds. The third kappa shape index (κ3) is 3.99. The van der Waals surface area contributed by atoms with Crippen molar-refractivity contribution < 1.29 is 0 Å². The second-order valence-electron chi connectivity index (χ2n) is 6.08. The van der Waals surface area contributed by atoms with Gasteiger partial charge in [0.2, 0.25) is 0 Å². The Morgan fingerprint density at radius 3 is 2.78 bits per heavy atom. The van der Waals surface area contributed by atoms with Crippen LogP contribution in [0.3, 0.4) is 0 Å². The fourth-order valence-electron chi connectivity index (χ4n) is 3.30.